The van der Waals surface area contributed by atoms with Gasteiger partial charge in [-0.05, 0) is 52.0 Å². The lowest BCUT2D eigenvalue weighted by molar-refractivity contribution is 0.0300. The fourth-order valence-corrected chi connectivity index (χ4v) is 4.36. The zero-order valence-corrected chi connectivity index (χ0v) is 23.7. The third kappa shape index (κ3) is 6.41. The second-order valence-electron chi connectivity index (χ2n) is 10.7. The number of halogens is 1. The number of benzene rings is 1. The minimum absolute atomic E-state index is 0.193. The average molecular weight is 551 g/mol. The number of imidazole rings is 1. The van der Waals surface area contributed by atoms with E-state index in [0.717, 1.165) is 22.6 Å². The number of pyridine rings is 1. The molecule has 0 unspecified atom stereocenters. The number of aromatic nitrogens is 4. The third-order valence-electron chi connectivity index (χ3n) is 6.55. The molecule has 0 spiro atoms. The van der Waals surface area contributed by atoms with Crippen molar-refractivity contribution in [3.63, 3.8) is 0 Å². The van der Waals surface area contributed by atoms with Crippen LogP contribution in [0.3, 0.4) is 0 Å². The molecule has 4 aromatic rings. The van der Waals surface area contributed by atoms with Crippen molar-refractivity contribution in [3.8, 4) is 16.9 Å². The zero-order valence-electron chi connectivity index (χ0n) is 23.7. The first-order valence-corrected chi connectivity index (χ1v) is 13.0. The summed E-state index contributed by atoms with van der Waals surface area (Å²) in [6, 6.07) is 8.17. The largest absolute Gasteiger partial charge is 0.492 e. The van der Waals surface area contributed by atoms with E-state index in [-0.39, 0.29) is 18.4 Å². The van der Waals surface area contributed by atoms with Gasteiger partial charge in [-0.1, -0.05) is 0 Å². The number of amides is 2. The average Bonchev–Trinajstić information content (AvgIpc) is 3.41. The first-order chi connectivity index (χ1) is 18.8. The van der Waals surface area contributed by atoms with Crippen molar-refractivity contribution in [2.75, 3.05) is 20.2 Å². The molecule has 0 saturated carbocycles. The van der Waals surface area contributed by atoms with Crippen molar-refractivity contribution in [2.45, 2.75) is 46.1 Å². The summed E-state index contributed by atoms with van der Waals surface area (Å²) in [6.45, 7) is 7.98. The van der Waals surface area contributed by atoms with E-state index in [0.29, 0.717) is 36.3 Å². The fourth-order valence-electron chi connectivity index (χ4n) is 4.36. The number of likely N-dealkylation sites (N-methyl/N-ethyl adjacent to an activating group) is 1. The van der Waals surface area contributed by atoms with Gasteiger partial charge < -0.3 is 24.5 Å². The van der Waals surface area contributed by atoms with E-state index in [1.54, 1.807) is 31.0 Å². The summed E-state index contributed by atoms with van der Waals surface area (Å²) < 4.78 is 29.3. The van der Waals surface area contributed by atoms with Crippen molar-refractivity contribution < 1.29 is 23.5 Å². The summed E-state index contributed by atoms with van der Waals surface area (Å²) in [5.41, 5.74) is 9.79. The second kappa shape index (κ2) is 11.4. The molecule has 0 bridgehead atoms. The quantitative estimate of drug-likeness (QED) is 0.332. The molecule has 0 fully saturated rings. The number of carbonyl (C=O) groups is 2. The van der Waals surface area contributed by atoms with E-state index in [1.165, 1.54) is 17.0 Å². The van der Waals surface area contributed by atoms with Crippen LogP contribution >= 0.6 is 0 Å². The van der Waals surface area contributed by atoms with Crippen molar-refractivity contribution in [1.82, 2.24) is 24.1 Å². The van der Waals surface area contributed by atoms with E-state index < -0.39 is 17.3 Å². The molecule has 3 aromatic heterocycles. The number of carbonyl (C=O) groups excluding carboxylic acids is 2. The van der Waals surface area contributed by atoms with Gasteiger partial charge in [0.1, 0.15) is 22.8 Å². The molecule has 0 aliphatic heterocycles. The lowest BCUT2D eigenvalue weighted by Crippen LogP contribution is -2.35. The number of hydrogen-bond donors (Lipinski definition) is 1. The second-order valence-corrected chi connectivity index (χ2v) is 10.7. The SMILES string of the molecule is Cc1c(CCOc2cc(F)ccc2-c2ccc3ncc(CCN(C)C(=O)OC(C)(C)C)n3c2)c(C(N)=O)nn1C. The van der Waals surface area contributed by atoms with Gasteiger partial charge in [-0.25, -0.2) is 14.2 Å². The Hall–Kier alpha value is -4.41. The van der Waals surface area contributed by atoms with Crippen LogP contribution in [0.1, 0.15) is 48.2 Å². The molecule has 0 radical (unpaired) electrons. The summed E-state index contributed by atoms with van der Waals surface area (Å²) in [5, 5.41) is 4.19. The molecule has 40 heavy (non-hydrogen) atoms. The molecule has 0 aliphatic carbocycles. The highest BCUT2D eigenvalue weighted by molar-refractivity contribution is 5.92. The normalized spacial score (nSPS) is 11.6. The van der Waals surface area contributed by atoms with Gasteiger partial charge in [0.2, 0.25) is 0 Å². The maximum atomic E-state index is 14.3. The maximum Gasteiger partial charge on any atom is 0.410 e. The number of nitrogens with zero attached hydrogens (tertiary/aromatic N) is 5. The Morgan fingerprint density at radius 3 is 2.60 bits per heavy atom. The Balaban J connectivity index is 1.53. The van der Waals surface area contributed by atoms with Gasteiger partial charge in [0.15, 0.2) is 5.69 Å². The van der Waals surface area contributed by atoms with E-state index in [1.807, 2.05) is 50.4 Å². The lowest BCUT2D eigenvalue weighted by atomic mass is 10.1. The molecule has 3 heterocycles. The molecule has 0 atom stereocenters. The molecule has 2 N–H and O–H groups in total. The predicted octanol–water partition coefficient (Wildman–Crippen LogP) is 4.31. The van der Waals surface area contributed by atoms with Crippen LogP contribution in [0, 0.1) is 12.7 Å². The van der Waals surface area contributed by atoms with Crippen LogP contribution in [0.25, 0.3) is 16.8 Å². The Labute approximate surface area is 232 Å². The van der Waals surface area contributed by atoms with Crippen molar-refractivity contribution in [2.24, 2.45) is 12.8 Å². The van der Waals surface area contributed by atoms with Crippen LogP contribution in [0.4, 0.5) is 9.18 Å². The number of primary amides is 1. The highest BCUT2D eigenvalue weighted by Crippen LogP contribution is 2.32. The molecule has 0 saturated heterocycles. The van der Waals surface area contributed by atoms with Gasteiger partial charge in [-0.3, -0.25) is 9.48 Å². The topological polar surface area (TPSA) is 117 Å². The number of hydrogen-bond acceptors (Lipinski definition) is 6. The summed E-state index contributed by atoms with van der Waals surface area (Å²) in [4.78, 5) is 30.2. The number of aryl methyl sites for hydroxylation is 1. The van der Waals surface area contributed by atoms with Gasteiger partial charge in [0.05, 0.1) is 6.61 Å². The molecule has 212 valence electrons. The molecule has 4 rings (SSSR count). The summed E-state index contributed by atoms with van der Waals surface area (Å²) >= 11 is 0. The van der Waals surface area contributed by atoms with E-state index >= 15 is 0 Å². The third-order valence-corrected chi connectivity index (χ3v) is 6.55. The number of rotatable bonds is 9. The van der Waals surface area contributed by atoms with Crippen LogP contribution in [0.15, 0.2) is 42.7 Å². The molecule has 2 amide bonds. The highest BCUT2D eigenvalue weighted by Gasteiger charge is 2.20. The van der Waals surface area contributed by atoms with Crippen LogP contribution < -0.4 is 10.5 Å². The van der Waals surface area contributed by atoms with Gasteiger partial charge in [-0.15, -0.1) is 0 Å². The molecule has 0 aliphatic rings. The number of ether oxygens (including phenoxy) is 2. The summed E-state index contributed by atoms with van der Waals surface area (Å²) in [7, 11) is 3.44. The lowest BCUT2D eigenvalue weighted by Gasteiger charge is -2.24. The molecule has 11 heteroatoms. The first-order valence-electron chi connectivity index (χ1n) is 13.0. The van der Waals surface area contributed by atoms with Gasteiger partial charge in [-0.2, -0.15) is 5.10 Å². The summed E-state index contributed by atoms with van der Waals surface area (Å²) in [6.07, 6.45) is 4.24. The van der Waals surface area contributed by atoms with E-state index in [2.05, 4.69) is 10.1 Å². The summed E-state index contributed by atoms with van der Waals surface area (Å²) in [5.74, 6) is -0.663. The predicted molar refractivity (Wildman–Crippen MR) is 149 cm³/mol. The van der Waals surface area contributed by atoms with Gasteiger partial charge >= 0.3 is 6.09 Å². The Morgan fingerprint density at radius 2 is 1.90 bits per heavy atom. The Kier molecular flexibility index (Phi) is 8.13. The van der Waals surface area contributed by atoms with Crippen molar-refractivity contribution in [1.29, 1.82) is 0 Å². The zero-order chi connectivity index (χ0) is 29.2. The van der Waals surface area contributed by atoms with Crippen LogP contribution in [-0.2, 0) is 24.6 Å². The van der Waals surface area contributed by atoms with Crippen LogP contribution in [0.2, 0.25) is 0 Å². The van der Waals surface area contributed by atoms with Crippen LogP contribution in [0.5, 0.6) is 5.75 Å². The number of nitrogens with two attached hydrogens (primary N) is 1. The highest BCUT2D eigenvalue weighted by atomic mass is 19.1. The van der Waals surface area contributed by atoms with E-state index in [9.17, 15) is 14.0 Å². The number of fused-ring (bicyclic) bond motifs is 1. The van der Waals surface area contributed by atoms with E-state index in [4.69, 9.17) is 15.2 Å². The molecular weight excluding hydrogens is 515 g/mol. The minimum atomic E-state index is -0.605. The maximum absolute atomic E-state index is 14.3. The van der Waals surface area contributed by atoms with Crippen molar-refractivity contribution in [3.05, 3.63) is 71.2 Å². The fraction of sp³-hybridized carbons (Fsp3) is 0.379. The van der Waals surface area contributed by atoms with Gasteiger partial charge in [0.25, 0.3) is 5.91 Å². The van der Waals surface area contributed by atoms with Gasteiger partial charge in [0, 0.05) is 80.0 Å². The monoisotopic (exact) mass is 550 g/mol. The first kappa shape index (κ1) is 28.6. The Bertz CT molecular complexity index is 1550. The smallest absolute Gasteiger partial charge is 0.410 e. The van der Waals surface area contributed by atoms with Crippen molar-refractivity contribution >= 4 is 17.6 Å². The molecule has 10 nitrogen and oxygen atoms in total. The molecule has 1 aromatic carbocycles. The standard InChI is InChI=1S/C29H35FN6O4/c1-18-22(26(27(31)37)33-35(18)6)12-14-39-24-15-20(30)8-9-23(24)19-7-10-25-32-16-21(36(25)17-19)11-13-34(5)28(38)40-29(2,3)4/h7-10,15-17H,11-14H2,1-6H3,(H2,31,37). The Morgan fingerprint density at radius 1 is 1.15 bits per heavy atom. The molecular formula is C29H35FN6O4. The van der Waals surface area contributed by atoms with Crippen LogP contribution in [-0.4, -0.2) is 61.9 Å². The minimum Gasteiger partial charge on any atom is -0.492 e.